The molecule has 3 rings (SSSR count). The largest absolute Gasteiger partial charge is 0.472 e. The molecule has 0 bridgehead atoms. The van der Waals surface area contributed by atoms with Crippen LogP contribution in [0.5, 0.6) is 5.88 Å². The van der Waals surface area contributed by atoms with Crippen LogP contribution in [-0.2, 0) is 0 Å². The highest BCUT2D eigenvalue weighted by atomic mass is 35.5. The molecule has 0 fully saturated rings. The van der Waals surface area contributed by atoms with Gasteiger partial charge in [-0.25, -0.2) is 13.8 Å². The monoisotopic (exact) mass is 451 g/mol. The second-order valence-electron chi connectivity index (χ2n) is 6.57. The van der Waals surface area contributed by atoms with Crippen molar-refractivity contribution in [3.63, 3.8) is 0 Å². The Morgan fingerprint density at radius 1 is 1.19 bits per heavy atom. The second kappa shape index (κ2) is 10.2. The number of carbonyl (C=O) groups is 1. The van der Waals surface area contributed by atoms with E-state index in [0.29, 0.717) is 5.69 Å². The quantitative estimate of drug-likeness (QED) is 0.452. The van der Waals surface area contributed by atoms with Gasteiger partial charge in [0, 0.05) is 11.8 Å². The van der Waals surface area contributed by atoms with Crippen molar-refractivity contribution in [3.8, 4) is 5.88 Å². The molecule has 0 aliphatic rings. The molecule has 2 N–H and O–H groups in total. The first-order chi connectivity index (χ1) is 14.9. The first-order valence-electron chi connectivity index (χ1n) is 9.58. The summed E-state index contributed by atoms with van der Waals surface area (Å²) in [6.45, 7) is 3.96. The van der Waals surface area contributed by atoms with E-state index in [4.69, 9.17) is 20.8 Å². The maximum absolute atomic E-state index is 14.3. The maximum Gasteiger partial charge on any atom is 0.320 e. The molecule has 0 spiro atoms. The SMILES string of the molecule is CCC[C@H](CC)Oc1ncc(NC(=O)c2nnc(Nc3ccc(F)c(Cl)c3)o2)cc1F. The first kappa shape index (κ1) is 22.4. The molecule has 0 saturated carbocycles. The summed E-state index contributed by atoms with van der Waals surface area (Å²) in [6.07, 6.45) is 3.56. The van der Waals surface area contributed by atoms with E-state index in [0.717, 1.165) is 31.4 Å². The molecule has 11 heteroatoms. The topological polar surface area (TPSA) is 102 Å². The predicted octanol–water partition coefficient (Wildman–Crippen LogP) is 5.35. The van der Waals surface area contributed by atoms with Crippen LogP contribution >= 0.6 is 11.6 Å². The van der Waals surface area contributed by atoms with Crippen LogP contribution in [0.1, 0.15) is 43.8 Å². The van der Waals surface area contributed by atoms with E-state index in [2.05, 4.69) is 25.8 Å². The zero-order valence-electron chi connectivity index (χ0n) is 16.8. The summed E-state index contributed by atoms with van der Waals surface area (Å²) >= 11 is 5.71. The Labute approximate surface area is 182 Å². The van der Waals surface area contributed by atoms with Crippen molar-refractivity contribution in [1.82, 2.24) is 15.2 Å². The summed E-state index contributed by atoms with van der Waals surface area (Å²) in [5, 5.41) is 12.3. The van der Waals surface area contributed by atoms with Crippen LogP contribution in [0.15, 0.2) is 34.9 Å². The minimum absolute atomic E-state index is 0.0932. The molecular formula is C20H20ClF2N5O3. The normalized spacial score (nSPS) is 11.8. The lowest BCUT2D eigenvalue weighted by Gasteiger charge is -2.16. The summed E-state index contributed by atoms with van der Waals surface area (Å²) in [6, 6.07) is 4.88. The molecule has 0 radical (unpaired) electrons. The van der Waals surface area contributed by atoms with Gasteiger partial charge in [-0.1, -0.05) is 37.0 Å². The van der Waals surface area contributed by atoms with Crippen molar-refractivity contribution in [2.24, 2.45) is 0 Å². The van der Waals surface area contributed by atoms with Crippen LogP contribution in [0.25, 0.3) is 0 Å². The van der Waals surface area contributed by atoms with Gasteiger partial charge in [0.15, 0.2) is 5.82 Å². The molecule has 31 heavy (non-hydrogen) atoms. The van der Waals surface area contributed by atoms with E-state index >= 15 is 0 Å². The minimum atomic E-state index is -0.759. The van der Waals surface area contributed by atoms with Crippen LogP contribution in [0, 0.1) is 11.6 Å². The molecule has 1 amide bonds. The highest BCUT2D eigenvalue weighted by molar-refractivity contribution is 6.31. The fourth-order valence-electron chi connectivity index (χ4n) is 2.65. The summed E-state index contributed by atoms with van der Waals surface area (Å²) < 4.78 is 38.3. The Hall–Kier alpha value is -3.27. The van der Waals surface area contributed by atoms with E-state index < -0.39 is 17.5 Å². The predicted molar refractivity (Wildman–Crippen MR) is 111 cm³/mol. The number of ether oxygens (including phenoxy) is 1. The fourth-order valence-corrected chi connectivity index (χ4v) is 2.83. The van der Waals surface area contributed by atoms with Gasteiger partial charge in [-0.2, -0.15) is 0 Å². The lowest BCUT2D eigenvalue weighted by atomic mass is 10.2. The Bertz CT molecular complexity index is 1060. The van der Waals surface area contributed by atoms with Crippen molar-refractivity contribution in [3.05, 3.63) is 53.0 Å². The lowest BCUT2D eigenvalue weighted by molar-refractivity contribution is 0.0991. The second-order valence-corrected chi connectivity index (χ2v) is 6.98. The summed E-state index contributed by atoms with van der Waals surface area (Å²) in [4.78, 5) is 16.2. The molecule has 0 aliphatic carbocycles. The van der Waals surface area contributed by atoms with Crippen LogP contribution in [0.2, 0.25) is 5.02 Å². The number of amides is 1. The first-order valence-corrected chi connectivity index (χ1v) is 9.96. The molecule has 164 valence electrons. The summed E-state index contributed by atoms with van der Waals surface area (Å²) in [7, 11) is 0. The third-order valence-corrected chi connectivity index (χ3v) is 4.49. The number of benzene rings is 1. The average molecular weight is 452 g/mol. The van der Waals surface area contributed by atoms with E-state index in [9.17, 15) is 13.6 Å². The van der Waals surface area contributed by atoms with Gasteiger partial charge in [-0.15, -0.1) is 5.10 Å². The standard InChI is InChI=1S/C20H20ClF2N5O3/c1-3-5-13(4-2)30-18-16(23)9-12(10-24-18)25-17(29)19-27-28-20(31-19)26-11-6-7-15(22)14(21)8-11/h6-10,13H,3-5H2,1-2H3,(H,25,29)(H,26,28)/t13-/m0/s1. The van der Waals surface area contributed by atoms with Gasteiger partial charge in [-0.3, -0.25) is 4.79 Å². The van der Waals surface area contributed by atoms with Gasteiger partial charge in [0.1, 0.15) is 11.9 Å². The zero-order valence-corrected chi connectivity index (χ0v) is 17.5. The van der Waals surface area contributed by atoms with Crippen molar-refractivity contribution >= 4 is 34.9 Å². The van der Waals surface area contributed by atoms with Gasteiger partial charge in [0.05, 0.1) is 16.9 Å². The van der Waals surface area contributed by atoms with Crippen LogP contribution in [-0.4, -0.2) is 27.2 Å². The number of aromatic nitrogens is 3. The smallest absolute Gasteiger partial charge is 0.320 e. The van der Waals surface area contributed by atoms with Gasteiger partial charge < -0.3 is 19.8 Å². The van der Waals surface area contributed by atoms with Gasteiger partial charge >= 0.3 is 17.8 Å². The van der Waals surface area contributed by atoms with Crippen molar-refractivity contribution in [2.75, 3.05) is 10.6 Å². The molecule has 8 nitrogen and oxygen atoms in total. The van der Waals surface area contributed by atoms with E-state index in [1.165, 1.54) is 18.3 Å². The molecule has 0 saturated heterocycles. The van der Waals surface area contributed by atoms with Crippen molar-refractivity contribution in [2.45, 2.75) is 39.2 Å². The van der Waals surface area contributed by atoms with E-state index in [1.807, 2.05) is 13.8 Å². The Balaban J connectivity index is 1.63. The number of pyridine rings is 1. The number of nitrogens with zero attached hydrogens (tertiary/aromatic N) is 3. The molecule has 3 aromatic rings. The van der Waals surface area contributed by atoms with Crippen LogP contribution < -0.4 is 15.4 Å². The lowest BCUT2D eigenvalue weighted by Crippen LogP contribution is -2.17. The molecular weight excluding hydrogens is 432 g/mol. The van der Waals surface area contributed by atoms with E-state index in [-0.39, 0.29) is 34.6 Å². The number of anilines is 3. The molecule has 2 heterocycles. The van der Waals surface area contributed by atoms with Gasteiger partial charge in [0.25, 0.3) is 5.88 Å². The maximum atomic E-state index is 14.3. The minimum Gasteiger partial charge on any atom is -0.472 e. The molecule has 1 aromatic carbocycles. The van der Waals surface area contributed by atoms with Crippen LogP contribution in [0.4, 0.5) is 26.2 Å². The molecule has 1 atom stereocenters. The van der Waals surface area contributed by atoms with Gasteiger partial charge in [-0.05, 0) is 31.0 Å². The third-order valence-electron chi connectivity index (χ3n) is 4.20. The Morgan fingerprint density at radius 3 is 2.68 bits per heavy atom. The summed E-state index contributed by atoms with van der Waals surface area (Å²) in [5.41, 5.74) is 0.480. The Kier molecular flexibility index (Phi) is 7.35. The number of hydrogen-bond acceptors (Lipinski definition) is 7. The number of nitrogens with one attached hydrogen (secondary N) is 2. The Morgan fingerprint density at radius 2 is 2.00 bits per heavy atom. The zero-order chi connectivity index (χ0) is 22.4. The number of carbonyl (C=O) groups excluding carboxylic acids is 1. The third kappa shape index (κ3) is 5.88. The highest BCUT2D eigenvalue weighted by Gasteiger charge is 2.18. The van der Waals surface area contributed by atoms with Gasteiger partial charge in [0.2, 0.25) is 0 Å². The molecule has 2 aromatic heterocycles. The average Bonchev–Trinajstić information content (AvgIpc) is 3.21. The van der Waals surface area contributed by atoms with Crippen molar-refractivity contribution < 1.29 is 22.7 Å². The molecule has 0 unspecified atom stereocenters. The number of hydrogen-bond donors (Lipinski definition) is 2. The molecule has 0 aliphatic heterocycles. The number of halogens is 3. The number of rotatable bonds is 9. The van der Waals surface area contributed by atoms with E-state index in [1.54, 1.807) is 0 Å². The van der Waals surface area contributed by atoms with Crippen molar-refractivity contribution in [1.29, 1.82) is 0 Å². The highest BCUT2D eigenvalue weighted by Crippen LogP contribution is 2.23. The summed E-state index contributed by atoms with van der Waals surface area (Å²) in [5.74, 6) is -2.53. The van der Waals surface area contributed by atoms with Crippen LogP contribution in [0.3, 0.4) is 0 Å². The fraction of sp³-hybridized carbons (Fsp3) is 0.300.